The van der Waals surface area contributed by atoms with E-state index in [1.807, 2.05) is 13.0 Å². The van der Waals surface area contributed by atoms with E-state index in [4.69, 9.17) is 15.2 Å². The summed E-state index contributed by atoms with van der Waals surface area (Å²) in [6.07, 6.45) is 0.916. The molecule has 1 amide bonds. The van der Waals surface area contributed by atoms with Crippen LogP contribution in [-0.4, -0.2) is 43.5 Å². The van der Waals surface area contributed by atoms with E-state index in [9.17, 15) is 9.18 Å². The Hall–Kier alpha value is -0.770. The quantitative estimate of drug-likeness (QED) is 0.767. The third kappa shape index (κ3) is 6.10. The zero-order valence-electron chi connectivity index (χ0n) is 15.5. The van der Waals surface area contributed by atoms with Crippen molar-refractivity contribution in [3.63, 3.8) is 0 Å². The van der Waals surface area contributed by atoms with Crippen molar-refractivity contribution in [1.82, 2.24) is 4.90 Å². The monoisotopic (exact) mass is 438 g/mol. The molecule has 2 aliphatic heterocycles. The number of fused-ring (bicyclic) bond motifs is 3. The van der Waals surface area contributed by atoms with E-state index in [2.05, 4.69) is 17.0 Å². The molecule has 3 atom stereocenters. The van der Waals surface area contributed by atoms with Crippen LogP contribution in [0, 0.1) is 5.92 Å². The van der Waals surface area contributed by atoms with Crippen LogP contribution in [0.4, 0.5) is 9.18 Å². The molecule has 0 bridgehead atoms. The number of ether oxygens (including phenoxy) is 2. The lowest BCUT2D eigenvalue weighted by Gasteiger charge is -2.46. The topological polar surface area (TPSA) is 64.8 Å². The lowest BCUT2D eigenvalue weighted by atomic mass is 9.81. The highest BCUT2D eigenvalue weighted by Gasteiger charge is 2.40. The zero-order valence-corrected chi connectivity index (χ0v) is 18.5. The molecule has 0 aliphatic carbocycles. The Bertz CT molecular complexity index is 609. The number of halogens is 1. The van der Waals surface area contributed by atoms with Gasteiger partial charge < -0.3 is 15.2 Å². The number of hydrogen-bond donors (Lipinski definition) is 1. The number of rotatable bonds is 5. The zero-order chi connectivity index (χ0) is 17.1. The van der Waals surface area contributed by atoms with Crippen LogP contribution in [0.5, 0.6) is 5.75 Å². The Morgan fingerprint density at radius 2 is 2.07 bits per heavy atom. The lowest BCUT2D eigenvalue weighted by Crippen LogP contribution is -2.49. The van der Waals surface area contributed by atoms with Crippen LogP contribution in [-0.2, 0) is 11.2 Å². The maximum absolute atomic E-state index is 12.9. The molecule has 2 heterocycles. The summed E-state index contributed by atoms with van der Waals surface area (Å²) in [5, 5.41) is 0. The minimum atomic E-state index is -0.778. The van der Waals surface area contributed by atoms with Gasteiger partial charge in [0.15, 0.2) is 0 Å². The maximum Gasteiger partial charge on any atom is 0.404 e. The predicted molar refractivity (Wildman–Crippen MR) is 120 cm³/mol. The summed E-state index contributed by atoms with van der Waals surface area (Å²) in [6, 6.07) is 6.38. The number of nitrogens with two attached hydrogens (primary N) is 1. The Morgan fingerprint density at radius 1 is 1.33 bits per heavy atom. The van der Waals surface area contributed by atoms with Crippen LogP contribution in [0.2, 0.25) is 0 Å². The molecule has 1 aromatic rings. The molecule has 2 aliphatic rings. The summed E-state index contributed by atoms with van der Waals surface area (Å²) >= 11 is 0. The summed E-state index contributed by atoms with van der Waals surface area (Å²) in [7, 11) is 0. The van der Waals surface area contributed by atoms with E-state index >= 15 is 0 Å². The van der Waals surface area contributed by atoms with Crippen molar-refractivity contribution in [2.75, 3.05) is 26.4 Å². The molecule has 3 rings (SSSR count). The second kappa shape index (κ2) is 11.9. The first-order chi connectivity index (χ1) is 11.6. The Morgan fingerprint density at radius 3 is 2.70 bits per heavy atom. The van der Waals surface area contributed by atoms with Gasteiger partial charge >= 0.3 is 6.09 Å². The van der Waals surface area contributed by atoms with E-state index < -0.39 is 12.8 Å². The second-order valence-electron chi connectivity index (χ2n) is 6.50. The maximum atomic E-state index is 12.9. The van der Waals surface area contributed by atoms with E-state index in [0.29, 0.717) is 19.4 Å². The third-order valence-corrected chi connectivity index (χ3v) is 5.09. The standard InChI is InChI=1S/C18H25FN2O3.3H2S/c1-2-23-14-3-4-15-12(9-14)6-8-21-11-13(5-7-19)17(10-16(15)21)24-18(20)22;;;/h3-4,9,13,16-17H,2,5-8,10-11H2,1H3,(H2,20,22);3*1H2/t13-,16-,17-;;;/m0.../s1/i19+0;;;. The van der Waals surface area contributed by atoms with Gasteiger partial charge in [-0.05, 0) is 43.0 Å². The number of alkyl halides is 1. The van der Waals surface area contributed by atoms with Crippen LogP contribution in [0.1, 0.15) is 36.9 Å². The summed E-state index contributed by atoms with van der Waals surface area (Å²) in [6.45, 7) is 3.88. The van der Waals surface area contributed by atoms with E-state index in [-0.39, 0.29) is 58.6 Å². The van der Waals surface area contributed by atoms with E-state index in [0.717, 1.165) is 25.3 Å². The molecule has 0 aromatic heterocycles. The van der Waals surface area contributed by atoms with Gasteiger partial charge in [0.2, 0.25) is 0 Å². The lowest BCUT2D eigenvalue weighted by molar-refractivity contribution is -0.0245. The number of primary amides is 1. The highest BCUT2D eigenvalue weighted by atomic mass is 32.1. The normalized spacial score (nSPS) is 23.4. The summed E-state index contributed by atoms with van der Waals surface area (Å²) in [4.78, 5) is 13.6. The summed E-state index contributed by atoms with van der Waals surface area (Å²) < 4.78 is 23.8. The Labute approximate surface area is 181 Å². The summed E-state index contributed by atoms with van der Waals surface area (Å²) in [5.41, 5.74) is 7.75. The predicted octanol–water partition coefficient (Wildman–Crippen LogP) is 3.17. The van der Waals surface area contributed by atoms with Gasteiger partial charge in [-0.2, -0.15) is 40.5 Å². The first kappa shape index (κ1) is 26.2. The first-order valence-electron chi connectivity index (χ1n) is 8.64. The number of nitrogens with zero attached hydrogens (tertiary/aromatic N) is 1. The van der Waals surface area contributed by atoms with Crippen molar-refractivity contribution in [3.05, 3.63) is 29.3 Å². The van der Waals surface area contributed by atoms with Gasteiger partial charge in [-0.15, -0.1) is 0 Å². The number of amides is 1. The van der Waals surface area contributed by atoms with E-state index in [1.165, 1.54) is 11.1 Å². The molecule has 0 radical (unpaired) electrons. The molecule has 27 heavy (non-hydrogen) atoms. The molecule has 1 aromatic carbocycles. The van der Waals surface area contributed by atoms with E-state index in [1.54, 1.807) is 0 Å². The molecule has 0 spiro atoms. The fourth-order valence-corrected chi connectivity index (χ4v) is 4.03. The Kier molecular flexibility index (Phi) is 11.6. The molecule has 0 unspecified atom stereocenters. The minimum absolute atomic E-state index is 0. The molecule has 2 N–H and O–H groups in total. The molecule has 0 saturated carbocycles. The molecule has 1 fully saturated rings. The SMILES string of the molecule is CCOc1ccc2c(c1)CCN1C[C@H](CC[19F])[C@@H](OC(N)=O)C[C@@H]21.S.S.S. The van der Waals surface area contributed by atoms with Crippen molar-refractivity contribution >= 4 is 46.6 Å². The molecular formula is C18H31FN2O3S3. The molecule has 9 heteroatoms. The molecular weight excluding hydrogens is 407 g/mol. The highest BCUT2D eigenvalue weighted by molar-refractivity contribution is 7.59. The fraction of sp³-hybridized carbons (Fsp3) is 0.611. The van der Waals surface area contributed by atoms with Gasteiger partial charge in [0, 0.05) is 31.5 Å². The molecule has 5 nitrogen and oxygen atoms in total. The minimum Gasteiger partial charge on any atom is -0.494 e. The highest BCUT2D eigenvalue weighted by Crippen LogP contribution is 2.41. The number of piperidine rings is 1. The van der Waals surface area contributed by atoms with Gasteiger partial charge in [0.1, 0.15) is 11.9 Å². The van der Waals surface area contributed by atoms with Gasteiger partial charge in [0.05, 0.1) is 13.3 Å². The smallest absolute Gasteiger partial charge is 0.404 e. The first-order valence-corrected chi connectivity index (χ1v) is 8.64. The van der Waals surface area contributed by atoms with Crippen LogP contribution >= 0.6 is 40.5 Å². The van der Waals surface area contributed by atoms with Crippen LogP contribution in [0.3, 0.4) is 0 Å². The van der Waals surface area contributed by atoms with Crippen LogP contribution in [0.25, 0.3) is 0 Å². The Balaban J connectivity index is 0.00000225. The van der Waals surface area contributed by atoms with Crippen molar-refractivity contribution in [2.45, 2.75) is 38.3 Å². The van der Waals surface area contributed by atoms with Gasteiger partial charge in [-0.1, -0.05) is 6.07 Å². The van der Waals surface area contributed by atoms with Crippen molar-refractivity contribution in [2.24, 2.45) is 11.7 Å². The molecule has 1 saturated heterocycles. The number of carbonyl (C=O) groups is 1. The van der Waals surface area contributed by atoms with Crippen molar-refractivity contribution < 1.29 is 18.7 Å². The van der Waals surface area contributed by atoms with Crippen molar-refractivity contribution in [3.8, 4) is 5.75 Å². The third-order valence-electron chi connectivity index (χ3n) is 5.09. The van der Waals surface area contributed by atoms with Gasteiger partial charge in [0.25, 0.3) is 0 Å². The fourth-order valence-electron chi connectivity index (χ4n) is 4.03. The van der Waals surface area contributed by atoms with Crippen LogP contribution in [0.15, 0.2) is 18.2 Å². The summed E-state index contributed by atoms with van der Waals surface area (Å²) in [5.74, 6) is 0.892. The number of carbonyl (C=O) groups excluding carboxylic acids is 1. The largest absolute Gasteiger partial charge is 0.494 e. The average molecular weight is 439 g/mol. The average Bonchev–Trinajstić information content (AvgIpc) is 2.55. The van der Waals surface area contributed by atoms with Gasteiger partial charge in [-0.25, -0.2) is 4.79 Å². The number of hydrogen-bond acceptors (Lipinski definition) is 4. The number of benzene rings is 1. The second-order valence-corrected chi connectivity index (χ2v) is 6.50. The van der Waals surface area contributed by atoms with Crippen molar-refractivity contribution in [1.29, 1.82) is 0 Å². The van der Waals surface area contributed by atoms with Gasteiger partial charge in [-0.3, -0.25) is 9.29 Å². The van der Waals surface area contributed by atoms with Crippen LogP contribution < -0.4 is 10.5 Å². The molecule has 156 valence electrons.